The number of Topliss-reactive ketones (excluding diaryl/α,β-unsaturated/α-hetero) is 1. The first-order chi connectivity index (χ1) is 9.99. The van der Waals surface area contributed by atoms with E-state index in [4.69, 9.17) is 0 Å². The van der Waals surface area contributed by atoms with Crippen molar-refractivity contribution in [2.75, 3.05) is 18.0 Å². The summed E-state index contributed by atoms with van der Waals surface area (Å²) < 4.78 is 0. The van der Waals surface area contributed by atoms with Crippen LogP contribution in [0.25, 0.3) is 0 Å². The van der Waals surface area contributed by atoms with E-state index in [0.717, 1.165) is 18.5 Å². The molecule has 5 nitrogen and oxygen atoms in total. The fourth-order valence-corrected chi connectivity index (χ4v) is 2.13. The highest BCUT2D eigenvalue weighted by Crippen LogP contribution is 2.28. The Hall–Kier alpha value is -2.17. The third kappa shape index (κ3) is 4.15. The second-order valence-electron chi connectivity index (χ2n) is 5.34. The summed E-state index contributed by atoms with van der Waals surface area (Å²) in [5.41, 5.74) is 1.34. The fraction of sp³-hybridized carbons (Fsp3) is 0.438. The molecule has 5 heteroatoms. The molecule has 1 N–H and O–H groups in total. The van der Waals surface area contributed by atoms with Gasteiger partial charge in [-0.1, -0.05) is 0 Å². The zero-order chi connectivity index (χ0) is 15.4. The molecule has 0 atom stereocenters. The molecular weight excluding hydrogens is 268 g/mol. The Bertz CT molecular complexity index is 547. The van der Waals surface area contributed by atoms with E-state index in [1.807, 2.05) is 0 Å². The Morgan fingerprint density at radius 2 is 1.76 bits per heavy atom. The van der Waals surface area contributed by atoms with Gasteiger partial charge in [0.2, 0.25) is 11.8 Å². The lowest BCUT2D eigenvalue weighted by atomic mass is 10.1. The molecule has 0 spiro atoms. The van der Waals surface area contributed by atoms with Crippen molar-refractivity contribution in [2.45, 2.75) is 26.7 Å². The Balaban J connectivity index is 1.95. The summed E-state index contributed by atoms with van der Waals surface area (Å²) in [6, 6.07) is 6.91. The number of benzene rings is 1. The number of nitrogens with one attached hydrogen (secondary N) is 1. The largest absolute Gasteiger partial charge is 0.354 e. The standard InChI is InChI=1S/C16H20N2O3/c1-11(19)13-5-7-15(8-6-13)18(12(2)20)10-9-17-16(21)14-3-4-14/h5-8,14H,3-4,9-10H2,1-2H3,(H,17,21). The normalized spacial score (nSPS) is 13.6. The maximum absolute atomic E-state index is 11.7. The van der Waals surface area contributed by atoms with E-state index in [1.165, 1.54) is 13.8 Å². The number of nitrogens with zero attached hydrogens (tertiary/aromatic N) is 1. The van der Waals surface area contributed by atoms with Crippen molar-refractivity contribution in [3.8, 4) is 0 Å². The van der Waals surface area contributed by atoms with E-state index in [1.54, 1.807) is 29.2 Å². The molecule has 21 heavy (non-hydrogen) atoms. The third-order valence-corrected chi connectivity index (χ3v) is 3.55. The molecule has 1 saturated carbocycles. The van der Waals surface area contributed by atoms with E-state index in [9.17, 15) is 14.4 Å². The quantitative estimate of drug-likeness (QED) is 0.811. The SMILES string of the molecule is CC(=O)c1ccc(N(CCNC(=O)C2CC2)C(C)=O)cc1. The summed E-state index contributed by atoms with van der Waals surface area (Å²) in [5, 5.41) is 2.84. The van der Waals surface area contributed by atoms with Crippen molar-refractivity contribution in [2.24, 2.45) is 5.92 Å². The zero-order valence-electron chi connectivity index (χ0n) is 12.4. The second-order valence-corrected chi connectivity index (χ2v) is 5.34. The molecule has 2 amide bonds. The van der Waals surface area contributed by atoms with Crippen LogP contribution in [0.5, 0.6) is 0 Å². The summed E-state index contributed by atoms with van der Waals surface area (Å²) in [5.74, 6) is 0.148. The lowest BCUT2D eigenvalue weighted by Crippen LogP contribution is -2.38. The van der Waals surface area contributed by atoms with Crippen molar-refractivity contribution in [1.82, 2.24) is 5.32 Å². The van der Waals surface area contributed by atoms with E-state index >= 15 is 0 Å². The van der Waals surface area contributed by atoms with Gasteiger partial charge in [-0.2, -0.15) is 0 Å². The van der Waals surface area contributed by atoms with Crippen LogP contribution in [0.15, 0.2) is 24.3 Å². The van der Waals surface area contributed by atoms with Gasteiger partial charge in [-0.3, -0.25) is 14.4 Å². The number of hydrogen-bond donors (Lipinski definition) is 1. The van der Waals surface area contributed by atoms with Crippen LogP contribution in [0, 0.1) is 5.92 Å². The minimum atomic E-state index is -0.0914. The molecule has 112 valence electrons. The van der Waals surface area contributed by atoms with Crippen molar-refractivity contribution >= 4 is 23.3 Å². The number of anilines is 1. The monoisotopic (exact) mass is 288 g/mol. The Labute approximate surface area is 124 Å². The highest BCUT2D eigenvalue weighted by atomic mass is 16.2. The van der Waals surface area contributed by atoms with Crippen molar-refractivity contribution in [3.05, 3.63) is 29.8 Å². The molecule has 0 radical (unpaired) electrons. The lowest BCUT2D eigenvalue weighted by Gasteiger charge is -2.21. The summed E-state index contributed by atoms with van der Waals surface area (Å²) >= 11 is 0. The smallest absolute Gasteiger partial charge is 0.223 e. The molecule has 0 saturated heterocycles. The maximum Gasteiger partial charge on any atom is 0.223 e. The van der Waals surface area contributed by atoms with Gasteiger partial charge in [0.25, 0.3) is 0 Å². The van der Waals surface area contributed by atoms with Gasteiger partial charge in [0.05, 0.1) is 0 Å². The van der Waals surface area contributed by atoms with Crippen LogP contribution >= 0.6 is 0 Å². The summed E-state index contributed by atoms with van der Waals surface area (Å²) in [6.45, 7) is 3.85. The predicted octanol–water partition coefficient (Wildman–Crippen LogP) is 1.77. The molecule has 1 aromatic rings. The molecule has 1 aliphatic carbocycles. The molecule has 0 aliphatic heterocycles. The Morgan fingerprint density at radius 1 is 1.14 bits per heavy atom. The minimum Gasteiger partial charge on any atom is -0.354 e. The summed E-state index contributed by atoms with van der Waals surface area (Å²) in [6.07, 6.45) is 1.93. The van der Waals surface area contributed by atoms with Crippen LogP contribution in [0.4, 0.5) is 5.69 Å². The first-order valence-corrected chi connectivity index (χ1v) is 7.16. The molecule has 1 aromatic carbocycles. The first kappa shape index (κ1) is 15.2. The van der Waals surface area contributed by atoms with E-state index < -0.39 is 0 Å². The van der Waals surface area contributed by atoms with Crippen LogP contribution in [0.3, 0.4) is 0 Å². The second kappa shape index (κ2) is 6.52. The molecule has 0 unspecified atom stereocenters. The van der Waals surface area contributed by atoms with E-state index in [2.05, 4.69) is 5.32 Å². The summed E-state index contributed by atoms with van der Waals surface area (Å²) in [4.78, 5) is 36.1. The Kier molecular flexibility index (Phi) is 4.73. The maximum atomic E-state index is 11.7. The molecule has 2 rings (SSSR count). The minimum absolute atomic E-state index is 0.00683. The molecule has 1 aliphatic rings. The average molecular weight is 288 g/mol. The topological polar surface area (TPSA) is 66.5 Å². The number of hydrogen-bond acceptors (Lipinski definition) is 3. The molecular formula is C16H20N2O3. The Morgan fingerprint density at radius 3 is 2.24 bits per heavy atom. The van der Waals surface area contributed by atoms with Crippen molar-refractivity contribution in [3.63, 3.8) is 0 Å². The predicted molar refractivity (Wildman–Crippen MR) is 80.2 cm³/mol. The summed E-state index contributed by atoms with van der Waals surface area (Å²) in [7, 11) is 0. The zero-order valence-corrected chi connectivity index (χ0v) is 12.4. The van der Waals surface area contributed by atoms with Gasteiger partial charge >= 0.3 is 0 Å². The van der Waals surface area contributed by atoms with Gasteiger partial charge < -0.3 is 10.2 Å². The van der Waals surface area contributed by atoms with Crippen LogP contribution < -0.4 is 10.2 Å². The number of rotatable bonds is 6. The highest BCUT2D eigenvalue weighted by Gasteiger charge is 2.29. The number of carbonyl (C=O) groups excluding carboxylic acids is 3. The van der Waals surface area contributed by atoms with Crippen LogP contribution in [-0.2, 0) is 9.59 Å². The van der Waals surface area contributed by atoms with Crippen LogP contribution in [-0.4, -0.2) is 30.7 Å². The number of amides is 2. The molecule has 0 aromatic heterocycles. The fourth-order valence-electron chi connectivity index (χ4n) is 2.13. The van der Waals surface area contributed by atoms with Crippen molar-refractivity contribution in [1.29, 1.82) is 0 Å². The van der Waals surface area contributed by atoms with Crippen LogP contribution in [0.2, 0.25) is 0 Å². The van der Waals surface area contributed by atoms with Gasteiger partial charge in [0.1, 0.15) is 0 Å². The number of carbonyl (C=O) groups is 3. The molecule has 0 bridgehead atoms. The first-order valence-electron chi connectivity index (χ1n) is 7.16. The highest BCUT2D eigenvalue weighted by molar-refractivity contribution is 5.96. The van der Waals surface area contributed by atoms with Gasteiger partial charge in [-0.15, -0.1) is 0 Å². The lowest BCUT2D eigenvalue weighted by molar-refractivity contribution is -0.122. The third-order valence-electron chi connectivity index (χ3n) is 3.55. The van der Waals surface area contributed by atoms with E-state index in [0.29, 0.717) is 18.7 Å². The van der Waals surface area contributed by atoms with Crippen molar-refractivity contribution < 1.29 is 14.4 Å². The van der Waals surface area contributed by atoms with Gasteiger partial charge in [0, 0.05) is 37.2 Å². The van der Waals surface area contributed by atoms with E-state index in [-0.39, 0.29) is 23.5 Å². The van der Waals surface area contributed by atoms with Gasteiger partial charge in [0.15, 0.2) is 5.78 Å². The van der Waals surface area contributed by atoms with Gasteiger partial charge in [-0.25, -0.2) is 0 Å². The number of ketones is 1. The average Bonchev–Trinajstić information content (AvgIpc) is 3.27. The molecule has 0 heterocycles. The molecule has 1 fully saturated rings. The van der Waals surface area contributed by atoms with Crippen LogP contribution in [0.1, 0.15) is 37.0 Å². The van der Waals surface area contributed by atoms with Gasteiger partial charge in [-0.05, 0) is 44.0 Å².